The molecular weight excluding hydrogens is 322 g/mol. The fourth-order valence-corrected chi connectivity index (χ4v) is 4.47. The van der Waals surface area contributed by atoms with E-state index in [1.165, 1.54) is 0 Å². The molecule has 0 bridgehead atoms. The number of oxazole rings is 1. The number of nitrogens with zero attached hydrogens (tertiary/aromatic N) is 2. The highest BCUT2D eigenvalue weighted by Crippen LogP contribution is 2.28. The summed E-state index contributed by atoms with van der Waals surface area (Å²) in [5.74, 6) is 3.03. The van der Waals surface area contributed by atoms with Crippen molar-refractivity contribution in [1.29, 1.82) is 0 Å². The van der Waals surface area contributed by atoms with Crippen LogP contribution in [0, 0.1) is 18.8 Å². The van der Waals surface area contributed by atoms with E-state index in [2.05, 4.69) is 10.3 Å². The van der Waals surface area contributed by atoms with E-state index in [0.29, 0.717) is 12.3 Å². The Bertz CT molecular complexity index is 696. The summed E-state index contributed by atoms with van der Waals surface area (Å²) in [6.45, 7) is 5.86. The average Bonchev–Trinajstić information content (AvgIpc) is 3.28. The van der Waals surface area contributed by atoms with Gasteiger partial charge in [0.2, 0.25) is 11.8 Å². The van der Waals surface area contributed by atoms with Gasteiger partial charge in [0.25, 0.3) is 0 Å². The normalized spacial score (nSPS) is 24.0. The zero-order chi connectivity index (χ0) is 16.5. The molecule has 2 aromatic rings. The maximum atomic E-state index is 12.7. The maximum absolute atomic E-state index is 12.7. The third-order valence-electron chi connectivity index (χ3n) is 5.32. The Balaban J connectivity index is 1.42. The topological polar surface area (TPSA) is 58.4 Å². The first kappa shape index (κ1) is 15.8. The van der Waals surface area contributed by atoms with Crippen molar-refractivity contribution in [3.8, 4) is 10.8 Å². The van der Waals surface area contributed by atoms with Gasteiger partial charge < -0.3 is 14.6 Å². The number of hydrogen-bond acceptors (Lipinski definition) is 5. The molecular formula is C18H23N3O2S. The van der Waals surface area contributed by atoms with E-state index in [0.717, 1.165) is 67.2 Å². The van der Waals surface area contributed by atoms with Gasteiger partial charge in [0, 0.05) is 13.1 Å². The number of rotatable bonds is 3. The van der Waals surface area contributed by atoms with Crippen molar-refractivity contribution >= 4 is 17.2 Å². The van der Waals surface area contributed by atoms with Crippen LogP contribution in [0.15, 0.2) is 21.9 Å². The Labute approximate surface area is 146 Å². The number of aryl methyl sites for hydroxylation is 1. The molecule has 0 aromatic carbocycles. The molecule has 2 aliphatic heterocycles. The van der Waals surface area contributed by atoms with Gasteiger partial charge in [-0.05, 0) is 56.1 Å². The van der Waals surface area contributed by atoms with Crippen LogP contribution in [-0.2, 0) is 11.2 Å². The van der Waals surface area contributed by atoms with Crippen LogP contribution in [0.5, 0.6) is 0 Å². The average molecular weight is 345 g/mol. The molecule has 2 saturated heterocycles. The van der Waals surface area contributed by atoms with Crippen LogP contribution >= 0.6 is 11.3 Å². The van der Waals surface area contributed by atoms with Crippen molar-refractivity contribution in [2.75, 3.05) is 26.2 Å². The molecule has 128 valence electrons. The first-order valence-electron chi connectivity index (χ1n) is 8.69. The molecule has 24 heavy (non-hydrogen) atoms. The minimum atomic E-state index is 0.178. The van der Waals surface area contributed by atoms with Gasteiger partial charge in [-0.2, -0.15) is 0 Å². The summed E-state index contributed by atoms with van der Waals surface area (Å²) >= 11 is 1.60. The van der Waals surface area contributed by atoms with Crippen LogP contribution in [0.2, 0.25) is 0 Å². The van der Waals surface area contributed by atoms with Gasteiger partial charge in [-0.15, -0.1) is 11.3 Å². The highest BCUT2D eigenvalue weighted by molar-refractivity contribution is 7.13. The highest BCUT2D eigenvalue weighted by Gasteiger charge is 2.31. The van der Waals surface area contributed by atoms with Crippen LogP contribution in [0.3, 0.4) is 0 Å². The monoisotopic (exact) mass is 345 g/mol. The molecule has 0 unspecified atom stereocenters. The molecule has 6 heteroatoms. The van der Waals surface area contributed by atoms with E-state index in [-0.39, 0.29) is 5.91 Å². The van der Waals surface area contributed by atoms with Crippen LogP contribution < -0.4 is 5.32 Å². The standard InChI is InChI=1S/C18H23N3O2S/c1-12-15(20-18(23-12)16-3-2-8-24-16)9-17(22)21-6-4-13-10-19-11-14(13)5-7-21/h2-3,8,13-14,19H,4-7,9-11H2,1H3/t13-,14+. The summed E-state index contributed by atoms with van der Waals surface area (Å²) < 4.78 is 5.75. The van der Waals surface area contributed by atoms with Crippen LogP contribution in [0.4, 0.5) is 0 Å². The predicted octanol–water partition coefficient (Wildman–Crippen LogP) is 2.71. The number of nitrogens with one attached hydrogen (secondary N) is 1. The van der Waals surface area contributed by atoms with E-state index in [9.17, 15) is 4.79 Å². The molecule has 2 aliphatic rings. The summed E-state index contributed by atoms with van der Waals surface area (Å²) in [4.78, 5) is 20.3. The Morgan fingerprint density at radius 3 is 2.79 bits per heavy atom. The second kappa shape index (κ2) is 6.69. The van der Waals surface area contributed by atoms with E-state index in [1.807, 2.05) is 29.3 Å². The molecule has 2 fully saturated rings. The number of fused-ring (bicyclic) bond motifs is 1. The maximum Gasteiger partial charge on any atom is 0.236 e. The van der Waals surface area contributed by atoms with E-state index < -0.39 is 0 Å². The fourth-order valence-electron chi connectivity index (χ4n) is 3.82. The molecule has 1 amide bonds. The van der Waals surface area contributed by atoms with E-state index in [1.54, 1.807) is 11.3 Å². The molecule has 0 spiro atoms. The zero-order valence-corrected chi connectivity index (χ0v) is 14.8. The number of carbonyl (C=O) groups is 1. The molecule has 1 N–H and O–H groups in total. The molecule has 0 saturated carbocycles. The third kappa shape index (κ3) is 3.13. The first-order chi connectivity index (χ1) is 11.7. The van der Waals surface area contributed by atoms with Crippen molar-refractivity contribution in [1.82, 2.24) is 15.2 Å². The molecule has 2 aromatic heterocycles. The predicted molar refractivity (Wildman–Crippen MR) is 93.9 cm³/mol. The molecule has 5 nitrogen and oxygen atoms in total. The SMILES string of the molecule is Cc1oc(-c2cccs2)nc1CC(=O)N1CC[C@@H]2CNC[C@@H]2CC1. The zero-order valence-electron chi connectivity index (χ0n) is 14.0. The molecule has 0 aliphatic carbocycles. The smallest absolute Gasteiger partial charge is 0.236 e. The molecule has 4 heterocycles. The lowest BCUT2D eigenvalue weighted by atomic mass is 9.92. The fraction of sp³-hybridized carbons (Fsp3) is 0.556. The second-order valence-electron chi connectivity index (χ2n) is 6.81. The van der Waals surface area contributed by atoms with Crippen molar-refractivity contribution in [2.45, 2.75) is 26.2 Å². The second-order valence-corrected chi connectivity index (χ2v) is 7.76. The number of amides is 1. The van der Waals surface area contributed by atoms with Gasteiger partial charge in [-0.25, -0.2) is 4.98 Å². The largest absolute Gasteiger partial charge is 0.440 e. The minimum Gasteiger partial charge on any atom is -0.440 e. The Kier molecular flexibility index (Phi) is 4.41. The lowest BCUT2D eigenvalue weighted by Gasteiger charge is -2.20. The van der Waals surface area contributed by atoms with Crippen LogP contribution in [0.1, 0.15) is 24.3 Å². The summed E-state index contributed by atoms with van der Waals surface area (Å²) in [5, 5.41) is 5.48. The molecule has 4 rings (SSSR count). The van der Waals surface area contributed by atoms with Crippen molar-refractivity contribution in [3.05, 3.63) is 29.0 Å². The Morgan fingerprint density at radius 1 is 1.38 bits per heavy atom. The number of likely N-dealkylation sites (tertiary alicyclic amines) is 1. The van der Waals surface area contributed by atoms with Crippen molar-refractivity contribution in [3.63, 3.8) is 0 Å². The van der Waals surface area contributed by atoms with Gasteiger partial charge in [-0.1, -0.05) is 6.07 Å². The quantitative estimate of drug-likeness (QED) is 0.929. The number of thiophene rings is 1. The van der Waals surface area contributed by atoms with Crippen molar-refractivity contribution < 1.29 is 9.21 Å². The summed E-state index contributed by atoms with van der Waals surface area (Å²) in [6.07, 6.45) is 2.57. The summed E-state index contributed by atoms with van der Waals surface area (Å²) in [5.41, 5.74) is 0.773. The van der Waals surface area contributed by atoms with Gasteiger partial charge in [0.05, 0.1) is 17.0 Å². The number of carbonyl (C=O) groups excluding carboxylic acids is 1. The molecule has 2 atom stereocenters. The van der Waals surface area contributed by atoms with E-state index in [4.69, 9.17) is 4.42 Å². The number of aromatic nitrogens is 1. The van der Waals surface area contributed by atoms with Crippen molar-refractivity contribution in [2.24, 2.45) is 11.8 Å². The van der Waals surface area contributed by atoms with E-state index >= 15 is 0 Å². The van der Waals surface area contributed by atoms with Gasteiger partial charge >= 0.3 is 0 Å². The minimum absolute atomic E-state index is 0.178. The lowest BCUT2D eigenvalue weighted by Crippen LogP contribution is -2.34. The number of hydrogen-bond donors (Lipinski definition) is 1. The van der Waals surface area contributed by atoms with Gasteiger partial charge in [0.15, 0.2) is 0 Å². The highest BCUT2D eigenvalue weighted by atomic mass is 32.1. The van der Waals surface area contributed by atoms with Crippen LogP contribution in [0.25, 0.3) is 10.8 Å². The lowest BCUT2D eigenvalue weighted by molar-refractivity contribution is -0.130. The Morgan fingerprint density at radius 2 is 2.12 bits per heavy atom. The van der Waals surface area contributed by atoms with Gasteiger partial charge in [0.1, 0.15) is 5.76 Å². The molecule has 0 radical (unpaired) electrons. The third-order valence-corrected chi connectivity index (χ3v) is 6.17. The summed E-state index contributed by atoms with van der Waals surface area (Å²) in [7, 11) is 0. The van der Waals surface area contributed by atoms with Gasteiger partial charge in [-0.3, -0.25) is 4.79 Å². The first-order valence-corrected chi connectivity index (χ1v) is 9.57. The summed E-state index contributed by atoms with van der Waals surface area (Å²) in [6, 6.07) is 3.97. The Hall–Kier alpha value is -1.66. The van der Waals surface area contributed by atoms with Crippen LogP contribution in [-0.4, -0.2) is 42.0 Å².